The van der Waals surface area contributed by atoms with Gasteiger partial charge in [0.1, 0.15) is 0 Å². The number of carboxylic acid groups (broad SMARTS) is 1. The summed E-state index contributed by atoms with van der Waals surface area (Å²) < 4.78 is 1.49. The average molecular weight is 202 g/mol. The summed E-state index contributed by atoms with van der Waals surface area (Å²) in [7, 11) is 0. The zero-order chi connectivity index (χ0) is 10.8. The predicted octanol–water partition coefficient (Wildman–Crippen LogP) is 0.204. The molecule has 1 aromatic carbocycles. The van der Waals surface area contributed by atoms with E-state index in [1.165, 1.54) is 10.8 Å². The molecule has 1 aromatic heterocycles. The van der Waals surface area contributed by atoms with Gasteiger partial charge in [0, 0.05) is 22.7 Å². The van der Waals surface area contributed by atoms with Gasteiger partial charge in [0.25, 0.3) is 0 Å². The Kier molecular flexibility index (Phi) is 2.25. The van der Waals surface area contributed by atoms with E-state index in [4.69, 9.17) is 0 Å². The zero-order valence-corrected chi connectivity index (χ0v) is 7.84. The Morgan fingerprint density at radius 1 is 1.40 bits per heavy atom. The normalized spacial score (nSPS) is 10.4. The van der Waals surface area contributed by atoms with Crippen LogP contribution in [-0.2, 0) is 11.3 Å². The first-order valence-corrected chi connectivity index (χ1v) is 4.45. The lowest BCUT2D eigenvalue weighted by Crippen LogP contribution is -2.27. The van der Waals surface area contributed by atoms with Gasteiger partial charge in [-0.3, -0.25) is 4.79 Å². The number of benzene rings is 1. The first kappa shape index (κ1) is 9.45. The van der Waals surface area contributed by atoms with Crippen LogP contribution in [0.15, 0.2) is 30.5 Å². The maximum Gasteiger partial charge on any atom is 0.152 e. The minimum atomic E-state index is -1.17. The van der Waals surface area contributed by atoms with Crippen molar-refractivity contribution in [3.63, 3.8) is 0 Å². The van der Waals surface area contributed by atoms with E-state index in [1.54, 1.807) is 24.3 Å². The molecule has 0 amide bonds. The van der Waals surface area contributed by atoms with Crippen LogP contribution in [0.4, 0.5) is 0 Å². The van der Waals surface area contributed by atoms with Crippen LogP contribution in [0.3, 0.4) is 0 Å². The van der Waals surface area contributed by atoms with Crippen LogP contribution in [0.1, 0.15) is 10.4 Å². The Bertz CT molecular complexity index is 528. The van der Waals surface area contributed by atoms with Crippen molar-refractivity contribution < 1.29 is 14.7 Å². The number of fused-ring (bicyclic) bond motifs is 1. The van der Waals surface area contributed by atoms with Gasteiger partial charge < -0.3 is 14.5 Å². The zero-order valence-electron chi connectivity index (χ0n) is 7.84. The molecule has 0 saturated carbocycles. The fourth-order valence-corrected chi connectivity index (χ4v) is 1.64. The molecule has 0 unspecified atom stereocenters. The molecular weight excluding hydrogens is 194 g/mol. The van der Waals surface area contributed by atoms with E-state index in [2.05, 4.69) is 0 Å². The van der Waals surface area contributed by atoms with Crippen molar-refractivity contribution in [1.82, 2.24) is 4.57 Å². The topological polar surface area (TPSA) is 62.1 Å². The highest BCUT2D eigenvalue weighted by Crippen LogP contribution is 2.19. The molecule has 0 spiro atoms. The minimum Gasteiger partial charge on any atom is -0.548 e. The Hall–Kier alpha value is -2.10. The third-order valence-electron chi connectivity index (χ3n) is 2.25. The van der Waals surface area contributed by atoms with Crippen LogP contribution in [0.25, 0.3) is 10.9 Å². The first-order chi connectivity index (χ1) is 7.22. The van der Waals surface area contributed by atoms with Crippen LogP contribution in [0.2, 0.25) is 0 Å². The Morgan fingerprint density at radius 3 is 2.80 bits per heavy atom. The molecule has 2 aromatic rings. The van der Waals surface area contributed by atoms with Crippen molar-refractivity contribution in [2.24, 2.45) is 0 Å². The Balaban J connectivity index is 2.64. The van der Waals surface area contributed by atoms with Crippen molar-refractivity contribution >= 4 is 23.2 Å². The summed E-state index contributed by atoms with van der Waals surface area (Å²) in [5.74, 6) is -1.17. The number of carbonyl (C=O) groups excluding carboxylic acids is 2. The second-order valence-electron chi connectivity index (χ2n) is 3.22. The van der Waals surface area contributed by atoms with E-state index in [1.807, 2.05) is 0 Å². The highest BCUT2D eigenvalue weighted by molar-refractivity contribution is 5.97. The molecule has 4 heteroatoms. The molecule has 0 atom stereocenters. The van der Waals surface area contributed by atoms with E-state index in [0.717, 1.165) is 10.9 Å². The summed E-state index contributed by atoms with van der Waals surface area (Å²) >= 11 is 0. The smallest absolute Gasteiger partial charge is 0.152 e. The van der Waals surface area contributed by atoms with Gasteiger partial charge in [-0.05, 0) is 6.07 Å². The minimum absolute atomic E-state index is 0.242. The molecule has 0 bridgehead atoms. The van der Waals surface area contributed by atoms with Crippen molar-refractivity contribution in [1.29, 1.82) is 0 Å². The number of para-hydroxylation sites is 1. The molecule has 1 heterocycles. The fourth-order valence-electron chi connectivity index (χ4n) is 1.64. The van der Waals surface area contributed by atoms with Crippen molar-refractivity contribution in [2.75, 3.05) is 0 Å². The van der Waals surface area contributed by atoms with E-state index in [9.17, 15) is 14.7 Å². The summed E-state index contributed by atoms with van der Waals surface area (Å²) in [6.07, 6.45) is 2.24. The van der Waals surface area contributed by atoms with Gasteiger partial charge in [0.2, 0.25) is 0 Å². The average Bonchev–Trinajstić information content (AvgIpc) is 2.56. The number of nitrogens with zero attached hydrogens (tertiary/aromatic N) is 1. The molecule has 4 nitrogen and oxygen atoms in total. The highest BCUT2D eigenvalue weighted by atomic mass is 16.4. The molecule has 0 aliphatic carbocycles. The van der Waals surface area contributed by atoms with Gasteiger partial charge in [-0.25, -0.2) is 0 Å². The second-order valence-corrected chi connectivity index (χ2v) is 3.22. The van der Waals surface area contributed by atoms with Gasteiger partial charge in [-0.15, -0.1) is 0 Å². The summed E-state index contributed by atoms with van der Waals surface area (Å²) in [6.45, 7) is -0.242. The molecule has 0 fully saturated rings. The maximum atomic E-state index is 10.7. The monoisotopic (exact) mass is 202 g/mol. The molecule has 0 radical (unpaired) electrons. The standard InChI is InChI=1S/C11H9NO3/c13-7-8-5-12(6-11(14)15)10-4-2-1-3-9(8)10/h1-5,7H,6H2,(H,14,15)/p-1. The van der Waals surface area contributed by atoms with E-state index in [0.29, 0.717) is 11.8 Å². The van der Waals surface area contributed by atoms with Crippen molar-refractivity contribution in [3.05, 3.63) is 36.0 Å². The van der Waals surface area contributed by atoms with Gasteiger partial charge >= 0.3 is 0 Å². The Morgan fingerprint density at radius 2 is 2.13 bits per heavy atom. The number of aliphatic carboxylic acids is 1. The quantitative estimate of drug-likeness (QED) is 0.668. The van der Waals surface area contributed by atoms with Crippen molar-refractivity contribution in [3.8, 4) is 0 Å². The van der Waals surface area contributed by atoms with E-state index < -0.39 is 5.97 Å². The molecule has 0 saturated heterocycles. The number of hydrogen-bond donors (Lipinski definition) is 0. The van der Waals surface area contributed by atoms with Crippen LogP contribution in [0, 0.1) is 0 Å². The molecule has 0 aliphatic heterocycles. The van der Waals surface area contributed by atoms with Gasteiger partial charge in [0.15, 0.2) is 6.29 Å². The van der Waals surface area contributed by atoms with Gasteiger partial charge in [-0.1, -0.05) is 18.2 Å². The number of hydrogen-bond acceptors (Lipinski definition) is 3. The van der Waals surface area contributed by atoms with Crippen LogP contribution in [0.5, 0.6) is 0 Å². The number of carbonyl (C=O) groups is 2. The van der Waals surface area contributed by atoms with Gasteiger partial charge in [0.05, 0.1) is 12.5 Å². The summed E-state index contributed by atoms with van der Waals surface area (Å²) in [5.41, 5.74) is 1.22. The van der Waals surface area contributed by atoms with Crippen LogP contribution >= 0.6 is 0 Å². The molecule has 0 N–H and O–H groups in total. The lowest BCUT2D eigenvalue weighted by Gasteiger charge is -2.04. The number of rotatable bonds is 3. The largest absolute Gasteiger partial charge is 0.548 e. The molecule has 15 heavy (non-hydrogen) atoms. The summed E-state index contributed by atoms with van der Waals surface area (Å²) in [5, 5.41) is 11.2. The lowest BCUT2D eigenvalue weighted by atomic mass is 10.2. The number of aldehydes is 1. The molecule has 76 valence electrons. The van der Waals surface area contributed by atoms with Crippen LogP contribution < -0.4 is 5.11 Å². The first-order valence-electron chi connectivity index (χ1n) is 4.45. The highest BCUT2D eigenvalue weighted by Gasteiger charge is 2.06. The fraction of sp³-hybridized carbons (Fsp3) is 0.0909. The third-order valence-corrected chi connectivity index (χ3v) is 2.25. The third kappa shape index (κ3) is 1.61. The predicted molar refractivity (Wildman–Crippen MR) is 52.3 cm³/mol. The number of aromatic nitrogens is 1. The maximum absolute atomic E-state index is 10.7. The van der Waals surface area contributed by atoms with Crippen LogP contribution in [-0.4, -0.2) is 16.8 Å². The van der Waals surface area contributed by atoms with Gasteiger partial charge in [-0.2, -0.15) is 0 Å². The second kappa shape index (κ2) is 3.57. The van der Waals surface area contributed by atoms with E-state index >= 15 is 0 Å². The molecule has 0 aliphatic rings. The summed E-state index contributed by atoms with van der Waals surface area (Å²) in [4.78, 5) is 21.2. The molecular formula is C11H8NO3-. The van der Waals surface area contributed by atoms with Crippen molar-refractivity contribution in [2.45, 2.75) is 6.54 Å². The lowest BCUT2D eigenvalue weighted by molar-refractivity contribution is -0.306. The SMILES string of the molecule is O=Cc1cn(CC(=O)[O-])c2ccccc12. The van der Waals surface area contributed by atoms with E-state index in [-0.39, 0.29) is 6.54 Å². The molecule has 2 rings (SSSR count). The summed E-state index contributed by atoms with van der Waals surface area (Å²) in [6, 6.07) is 7.15. The Labute approximate surface area is 85.7 Å². The number of carboxylic acids is 1.